The fourth-order valence-corrected chi connectivity index (χ4v) is 3.41. The summed E-state index contributed by atoms with van der Waals surface area (Å²) < 4.78 is 52.4. The highest BCUT2D eigenvalue weighted by Crippen LogP contribution is 2.15. The van der Waals surface area contributed by atoms with Crippen LogP contribution >= 0.6 is 0 Å². The molecule has 2 rings (SSSR count). The highest BCUT2D eigenvalue weighted by Gasteiger charge is 2.20. The lowest BCUT2D eigenvalue weighted by Gasteiger charge is -2.23. The molecule has 1 aromatic carbocycles. The van der Waals surface area contributed by atoms with Crippen molar-refractivity contribution in [2.75, 3.05) is 13.1 Å². The van der Waals surface area contributed by atoms with Gasteiger partial charge >= 0.3 is 0 Å². The SMILES string of the molecule is O=S(=O)(NCCC1CCCCN1)c1ccc(F)cc1F. The Morgan fingerprint density at radius 1 is 1.30 bits per heavy atom. The average Bonchev–Trinajstić information content (AvgIpc) is 2.39. The van der Waals surface area contributed by atoms with Gasteiger partial charge in [-0.05, 0) is 37.9 Å². The fourth-order valence-electron chi connectivity index (χ4n) is 2.31. The molecule has 1 unspecified atom stereocenters. The third-order valence-electron chi connectivity index (χ3n) is 3.38. The number of hydrogen-bond donors (Lipinski definition) is 2. The summed E-state index contributed by atoms with van der Waals surface area (Å²) in [6, 6.07) is 2.73. The monoisotopic (exact) mass is 304 g/mol. The van der Waals surface area contributed by atoms with E-state index in [4.69, 9.17) is 0 Å². The van der Waals surface area contributed by atoms with Crippen LogP contribution in [0.15, 0.2) is 23.1 Å². The van der Waals surface area contributed by atoms with E-state index in [1.807, 2.05) is 0 Å². The van der Waals surface area contributed by atoms with Gasteiger partial charge in [-0.25, -0.2) is 21.9 Å². The average molecular weight is 304 g/mol. The van der Waals surface area contributed by atoms with Crippen LogP contribution in [0.3, 0.4) is 0 Å². The van der Waals surface area contributed by atoms with Crippen LogP contribution in [0.25, 0.3) is 0 Å². The molecule has 1 aromatic rings. The van der Waals surface area contributed by atoms with E-state index in [1.54, 1.807) is 0 Å². The van der Waals surface area contributed by atoms with E-state index in [0.29, 0.717) is 18.5 Å². The lowest BCUT2D eigenvalue weighted by molar-refractivity contribution is 0.382. The second-order valence-corrected chi connectivity index (χ2v) is 6.64. The Labute approximate surface area is 117 Å². The topological polar surface area (TPSA) is 58.2 Å². The predicted octanol–water partition coefficient (Wildman–Crippen LogP) is 1.78. The summed E-state index contributed by atoms with van der Waals surface area (Å²) in [7, 11) is -3.93. The molecule has 112 valence electrons. The van der Waals surface area contributed by atoms with Gasteiger partial charge in [0.05, 0.1) is 0 Å². The standard InChI is InChI=1S/C13H18F2N2O2S/c14-10-4-5-13(12(15)9-10)20(18,19)17-8-6-11-3-1-2-7-16-11/h4-5,9,11,16-17H,1-3,6-8H2. The smallest absolute Gasteiger partial charge is 0.243 e. The first-order valence-corrected chi connectivity index (χ1v) is 8.15. The van der Waals surface area contributed by atoms with Gasteiger partial charge in [-0.3, -0.25) is 0 Å². The molecule has 0 spiro atoms. The van der Waals surface area contributed by atoms with Gasteiger partial charge in [0.2, 0.25) is 10.0 Å². The van der Waals surface area contributed by atoms with E-state index < -0.39 is 26.6 Å². The number of nitrogens with one attached hydrogen (secondary N) is 2. The van der Waals surface area contributed by atoms with Crippen LogP contribution in [0.4, 0.5) is 8.78 Å². The van der Waals surface area contributed by atoms with Crippen LogP contribution in [-0.2, 0) is 10.0 Å². The molecule has 0 radical (unpaired) electrons. The molecule has 1 fully saturated rings. The van der Waals surface area contributed by atoms with Crippen LogP contribution in [-0.4, -0.2) is 27.5 Å². The van der Waals surface area contributed by atoms with E-state index in [0.717, 1.165) is 37.9 Å². The quantitative estimate of drug-likeness (QED) is 0.872. The number of piperidine rings is 1. The number of benzene rings is 1. The number of rotatable bonds is 5. The summed E-state index contributed by atoms with van der Waals surface area (Å²) in [5.74, 6) is -1.87. The Kier molecular flexibility index (Phi) is 5.06. The molecule has 0 amide bonds. The highest BCUT2D eigenvalue weighted by atomic mass is 32.2. The van der Waals surface area contributed by atoms with Gasteiger partial charge in [0, 0.05) is 18.7 Å². The summed E-state index contributed by atoms with van der Waals surface area (Å²) in [5.41, 5.74) is 0. The first-order chi connectivity index (χ1) is 9.49. The van der Waals surface area contributed by atoms with E-state index >= 15 is 0 Å². The van der Waals surface area contributed by atoms with E-state index in [9.17, 15) is 17.2 Å². The van der Waals surface area contributed by atoms with Gasteiger partial charge in [0.15, 0.2) is 0 Å². The summed E-state index contributed by atoms with van der Waals surface area (Å²) in [5, 5.41) is 3.31. The minimum Gasteiger partial charge on any atom is -0.314 e. The molecule has 1 heterocycles. The second-order valence-electron chi connectivity index (χ2n) is 4.91. The van der Waals surface area contributed by atoms with Crippen LogP contribution in [0.1, 0.15) is 25.7 Å². The number of halogens is 2. The van der Waals surface area contributed by atoms with Gasteiger partial charge in [-0.15, -0.1) is 0 Å². The van der Waals surface area contributed by atoms with Crippen molar-refractivity contribution in [2.45, 2.75) is 36.6 Å². The Morgan fingerprint density at radius 2 is 2.10 bits per heavy atom. The van der Waals surface area contributed by atoms with Crippen LogP contribution in [0.5, 0.6) is 0 Å². The molecule has 1 atom stereocenters. The fraction of sp³-hybridized carbons (Fsp3) is 0.538. The van der Waals surface area contributed by atoms with Crippen LogP contribution in [0, 0.1) is 11.6 Å². The maximum atomic E-state index is 13.5. The van der Waals surface area contributed by atoms with E-state index in [1.165, 1.54) is 0 Å². The zero-order valence-electron chi connectivity index (χ0n) is 11.0. The van der Waals surface area contributed by atoms with E-state index in [-0.39, 0.29) is 6.54 Å². The van der Waals surface area contributed by atoms with Crippen LogP contribution in [0.2, 0.25) is 0 Å². The molecule has 1 aliphatic heterocycles. The Bertz CT molecular complexity index is 557. The number of sulfonamides is 1. The number of hydrogen-bond acceptors (Lipinski definition) is 3. The first kappa shape index (κ1) is 15.3. The first-order valence-electron chi connectivity index (χ1n) is 6.67. The largest absolute Gasteiger partial charge is 0.314 e. The minimum atomic E-state index is -3.93. The van der Waals surface area contributed by atoms with Gasteiger partial charge in [0.1, 0.15) is 16.5 Å². The van der Waals surface area contributed by atoms with Gasteiger partial charge in [0.25, 0.3) is 0 Å². The van der Waals surface area contributed by atoms with Crippen molar-refractivity contribution in [3.8, 4) is 0 Å². The van der Waals surface area contributed by atoms with Crippen molar-refractivity contribution < 1.29 is 17.2 Å². The molecule has 0 aromatic heterocycles. The zero-order chi connectivity index (χ0) is 14.6. The molecule has 7 heteroatoms. The molecule has 0 aliphatic carbocycles. The van der Waals surface area contributed by atoms with Crippen molar-refractivity contribution in [1.29, 1.82) is 0 Å². The minimum absolute atomic E-state index is 0.233. The van der Waals surface area contributed by atoms with Crippen molar-refractivity contribution in [1.82, 2.24) is 10.0 Å². The summed E-state index contributed by atoms with van der Waals surface area (Å²) in [4.78, 5) is -0.518. The molecule has 0 bridgehead atoms. The third-order valence-corrected chi connectivity index (χ3v) is 4.87. The summed E-state index contributed by atoms with van der Waals surface area (Å²) >= 11 is 0. The summed E-state index contributed by atoms with van der Waals surface area (Å²) in [6.45, 7) is 1.18. The highest BCUT2D eigenvalue weighted by molar-refractivity contribution is 7.89. The predicted molar refractivity (Wildman–Crippen MR) is 71.8 cm³/mol. The van der Waals surface area contributed by atoms with Crippen molar-refractivity contribution in [2.24, 2.45) is 0 Å². The molecule has 20 heavy (non-hydrogen) atoms. The summed E-state index contributed by atoms with van der Waals surface area (Å²) in [6.07, 6.45) is 3.95. The molecular weight excluding hydrogens is 286 g/mol. The maximum Gasteiger partial charge on any atom is 0.243 e. The van der Waals surface area contributed by atoms with Gasteiger partial charge < -0.3 is 5.32 Å². The Morgan fingerprint density at radius 3 is 2.75 bits per heavy atom. The lowest BCUT2D eigenvalue weighted by Crippen LogP contribution is -2.37. The zero-order valence-corrected chi connectivity index (χ0v) is 11.8. The van der Waals surface area contributed by atoms with Crippen molar-refractivity contribution >= 4 is 10.0 Å². The molecular formula is C13H18F2N2O2S. The third kappa shape index (κ3) is 3.97. The maximum absolute atomic E-state index is 13.5. The van der Waals surface area contributed by atoms with Gasteiger partial charge in [-0.2, -0.15) is 0 Å². The molecule has 1 aliphatic rings. The normalized spacial score (nSPS) is 20.0. The van der Waals surface area contributed by atoms with Crippen molar-refractivity contribution in [3.63, 3.8) is 0 Å². The molecule has 4 nitrogen and oxygen atoms in total. The van der Waals surface area contributed by atoms with E-state index in [2.05, 4.69) is 10.0 Å². The lowest BCUT2D eigenvalue weighted by atomic mass is 10.0. The Balaban J connectivity index is 1.93. The molecule has 2 N–H and O–H groups in total. The molecule has 0 saturated carbocycles. The molecule has 1 saturated heterocycles. The second kappa shape index (κ2) is 6.60. The van der Waals surface area contributed by atoms with Crippen molar-refractivity contribution in [3.05, 3.63) is 29.8 Å². The Hall–Kier alpha value is -1.05. The van der Waals surface area contributed by atoms with Crippen LogP contribution < -0.4 is 10.0 Å². The van der Waals surface area contributed by atoms with Gasteiger partial charge in [-0.1, -0.05) is 6.42 Å².